The van der Waals surface area contributed by atoms with Crippen molar-refractivity contribution < 1.29 is 27.1 Å². The van der Waals surface area contributed by atoms with Crippen LogP contribution in [0.25, 0.3) is 0 Å². The fraction of sp³-hybridized carbons (Fsp3) is 0.462. The normalized spacial score (nSPS) is 14.0. The van der Waals surface area contributed by atoms with Crippen LogP contribution >= 0.6 is 11.6 Å². The van der Waals surface area contributed by atoms with E-state index in [4.69, 9.17) is 17.3 Å². The summed E-state index contributed by atoms with van der Waals surface area (Å²) in [6.07, 6.45) is -4.83. The lowest BCUT2D eigenvalue weighted by atomic mass is 9.79. The summed E-state index contributed by atoms with van der Waals surface area (Å²) in [6, 6.07) is -0.157. The highest BCUT2D eigenvalue weighted by Gasteiger charge is 2.44. The number of esters is 1. The van der Waals surface area contributed by atoms with Crippen molar-refractivity contribution in [3.63, 3.8) is 0 Å². The molecule has 118 valence electrons. The van der Waals surface area contributed by atoms with Crippen LogP contribution in [0.1, 0.15) is 31.0 Å². The lowest BCUT2D eigenvalue weighted by molar-refractivity contribution is -0.153. The number of benzene rings is 1. The molecule has 0 aliphatic heterocycles. The van der Waals surface area contributed by atoms with Gasteiger partial charge in [-0.1, -0.05) is 11.6 Å². The molecular weight excluding hydrogens is 314 g/mol. The summed E-state index contributed by atoms with van der Waals surface area (Å²) >= 11 is 5.53. The van der Waals surface area contributed by atoms with E-state index in [0.29, 0.717) is 6.07 Å². The van der Waals surface area contributed by atoms with Gasteiger partial charge in [-0.25, -0.2) is 4.39 Å². The fourth-order valence-electron chi connectivity index (χ4n) is 1.87. The Bertz CT molecular complexity index is 558. The van der Waals surface area contributed by atoms with Gasteiger partial charge in [-0.3, -0.25) is 4.79 Å². The Labute approximate surface area is 124 Å². The van der Waals surface area contributed by atoms with Crippen molar-refractivity contribution >= 4 is 17.6 Å². The predicted octanol–water partition coefficient (Wildman–Crippen LogP) is 3.70. The lowest BCUT2D eigenvalue weighted by Gasteiger charge is -2.31. The van der Waals surface area contributed by atoms with Gasteiger partial charge >= 0.3 is 12.1 Å². The largest absolute Gasteiger partial charge is 0.469 e. The van der Waals surface area contributed by atoms with E-state index in [0.717, 1.165) is 13.2 Å². The molecule has 21 heavy (non-hydrogen) atoms. The number of rotatable bonds is 3. The quantitative estimate of drug-likeness (QED) is 0.680. The molecule has 0 saturated carbocycles. The van der Waals surface area contributed by atoms with Crippen molar-refractivity contribution in [2.45, 2.75) is 26.1 Å². The summed E-state index contributed by atoms with van der Waals surface area (Å²) in [6.45, 7) is 2.54. The molecule has 0 aromatic heterocycles. The molecule has 1 aromatic carbocycles. The fourth-order valence-corrected chi connectivity index (χ4v) is 2.03. The third-order valence-electron chi connectivity index (χ3n) is 3.24. The van der Waals surface area contributed by atoms with E-state index >= 15 is 0 Å². The van der Waals surface area contributed by atoms with Gasteiger partial charge < -0.3 is 10.5 Å². The smallest absolute Gasteiger partial charge is 0.416 e. The molecule has 0 unspecified atom stereocenters. The van der Waals surface area contributed by atoms with Crippen LogP contribution in [0.4, 0.5) is 17.6 Å². The number of hydrogen-bond acceptors (Lipinski definition) is 3. The zero-order valence-electron chi connectivity index (χ0n) is 11.5. The Hall–Kier alpha value is -1.34. The first kappa shape index (κ1) is 17.7. The SMILES string of the molecule is COC(=O)C(C)(C)[C@H](N)c1c(C(F)(F)F)ccc(Cl)c1F. The maximum atomic E-state index is 14.1. The third kappa shape index (κ3) is 3.29. The minimum absolute atomic E-state index is 0.505. The van der Waals surface area contributed by atoms with E-state index in [1.807, 2.05) is 0 Å². The molecule has 1 rings (SSSR count). The molecule has 0 saturated heterocycles. The Morgan fingerprint density at radius 2 is 1.86 bits per heavy atom. The Balaban J connectivity index is 3.55. The average Bonchev–Trinajstić information content (AvgIpc) is 2.38. The first-order valence-corrected chi connectivity index (χ1v) is 6.21. The number of ether oxygens (including phenoxy) is 1. The molecule has 0 bridgehead atoms. The summed E-state index contributed by atoms with van der Waals surface area (Å²) in [5.74, 6) is -2.15. The summed E-state index contributed by atoms with van der Waals surface area (Å²) < 4.78 is 57.6. The number of nitrogens with two attached hydrogens (primary N) is 1. The van der Waals surface area contributed by atoms with Gasteiger partial charge in [-0.15, -0.1) is 0 Å². The molecule has 0 aliphatic carbocycles. The van der Waals surface area contributed by atoms with E-state index in [-0.39, 0.29) is 0 Å². The summed E-state index contributed by atoms with van der Waals surface area (Å²) in [7, 11) is 1.07. The van der Waals surface area contributed by atoms with Crippen molar-refractivity contribution in [3.05, 3.63) is 34.1 Å². The molecule has 0 heterocycles. The first-order valence-electron chi connectivity index (χ1n) is 5.83. The minimum atomic E-state index is -4.83. The topological polar surface area (TPSA) is 52.3 Å². The third-order valence-corrected chi connectivity index (χ3v) is 3.53. The summed E-state index contributed by atoms with van der Waals surface area (Å²) in [5.41, 5.74) is 2.02. The van der Waals surface area contributed by atoms with Crippen LogP contribution in [-0.4, -0.2) is 13.1 Å². The molecule has 0 spiro atoms. The molecule has 0 radical (unpaired) electrons. The van der Waals surface area contributed by atoms with Crippen LogP contribution in [0.5, 0.6) is 0 Å². The maximum Gasteiger partial charge on any atom is 0.416 e. The summed E-state index contributed by atoms with van der Waals surface area (Å²) in [4.78, 5) is 11.7. The zero-order chi connectivity index (χ0) is 16.6. The first-order chi connectivity index (χ1) is 9.44. The van der Waals surface area contributed by atoms with Crippen LogP contribution in [0.3, 0.4) is 0 Å². The maximum absolute atomic E-state index is 14.1. The van der Waals surface area contributed by atoms with Crippen LogP contribution in [-0.2, 0) is 15.7 Å². The molecule has 8 heteroatoms. The van der Waals surface area contributed by atoms with Gasteiger partial charge in [0, 0.05) is 11.6 Å². The number of hydrogen-bond donors (Lipinski definition) is 1. The molecule has 1 aromatic rings. The van der Waals surface area contributed by atoms with Crippen molar-refractivity contribution in [1.82, 2.24) is 0 Å². The van der Waals surface area contributed by atoms with Crippen molar-refractivity contribution in [2.24, 2.45) is 11.1 Å². The van der Waals surface area contributed by atoms with Gasteiger partial charge in [-0.2, -0.15) is 13.2 Å². The van der Waals surface area contributed by atoms with E-state index < -0.39 is 45.6 Å². The van der Waals surface area contributed by atoms with Gasteiger partial charge in [0.25, 0.3) is 0 Å². The highest BCUT2D eigenvalue weighted by molar-refractivity contribution is 6.30. The lowest BCUT2D eigenvalue weighted by Crippen LogP contribution is -2.39. The van der Waals surface area contributed by atoms with Gasteiger partial charge in [0.05, 0.1) is 23.1 Å². The van der Waals surface area contributed by atoms with Gasteiger partial charge in [0.2, 0.25) is 0 Å². The zero-order valence-corrected chi connectivity index (χ0v) is 12.3. The molecule has 2 N–H and O–H groups in total. The van der Waals surface area contributed by atoms with Gasteiger partial charge in [0.15, 0.2) is 0 Å². The van der Waals surface area contributed by atoms with Gasteiger partial charge in [-0.05, 0) is 26.0 Å². The second-order valence-electron chi connectivity index (χ2n) is 5.01. The standard InChI is InChI=1S/C13H14ClF4NO2/c1-12(2,11(20)21-3)10(19)8-6(13(16,17)18)4-5-7(14)9(8)15/h4-5,10H,19H2,1-3H3/t10-/m1/s1. The number of alkyl halides is 3. The van der Waals surface area contributed by atoms with Crippen LogP contribution in [0.2, 0.25) is 5.02 Å². The van der Waals surface area contributed by atoms with Crippen molar-refractivity contribution in [3.8, 4) is 0 Å². The number of methoxy groups -OCH3 is 1. The average molecular weight is 328 g/mol. The Morgan fingerprint density at radius 1 is 1.33 bits per heavy atom. The molecule has 0 amide bonds. The molecular formula is C13H14ClF4NO2. The van der Waals surface area contributed by atoms with E-state index in [1.165, 1.54) is 13.8 Å². The van der Waals surface area contributed by atoms with Crippen LogP contribution in [0.15, 0.2) is 12.1 Å². The van der Waals surface area contributed by atoms with E-state index in [9.17, 15) is 22.4 Å². The van der Waals surface area contributed by atoms with Crippen molar-refractivity contribution in [1.29, 1.82) is 0 Å². The number of carbonyl (C=O) groups is 1. The van der Waals surface area contributed by atoms with Crippen LogP contribution < -0.4 is 5.73 Å². The Morgan fingerprint density at radius 3 is 2.29 bits per heavy atom. The highest BCUT2D eigenvalue weighted by atomic mass is 35.5. The van der Waals surface area contributed by atoms with Crippen LogP contribution in [0, 0.1) is 11.2 Å². The molecule has 0 aliphatic rings. The van der Waals surface area contributed by atoms with E-state index in [1.54, 1.807) is 0 Å². The molecule has 1 atom stereocenters. The molecule has 3 nitrogen and oxygen atoms in total. The Kier molecular flexibility index (Phi) is 4.90. The van der Waals surface area contributed by atoms with E-state index in [2.05, 4.69) is 4.74 Å². The molecule has 0 fully saturated rings. The predicted molar refractivity (Wildman–Crippen MR) is 69.1 cm³/mol. The monoisotopic (exact) mass is 327 g/mol. The highest BCUT2D eigenvalue weighted by Crippen LogP contribution is 2.42. The van der Waals surface area contributed by atoms with Crippen molar-refractivity contribution in [2.75, 3.05) is 7.11 Å². The number of halogens is 5. The second-order valence-corrected chi connectivity index (χ2v) is 5.42. The summed E-state index contributed by atoms with van der Waals surface area (Å²) in [5, 5.41) is -0.505. The second kappa shape index (κ2) is 5.81. The van der Waals surface area contributed by atoms with Gasteiger partial charge in [0.1, 0.15) is 5.82 Å². The minimum Gasteiger partial charge on any atom is -0.469 e. The number of carbonyl (C=O) groups excluding carboxylic acids is 1.